The van der Waals surface area contributed by atoms with Gasteiger partial charge >= 0.3 is 12.1 Å². The van der Waals surface area contributed by atoms with Crippen molar-refractivity contribution in [2.75, 3.05) is 18.5 Å². The zero-order chi connectivity index (χ0) is 14.3. The zero-order valence-corrected chi connectivity index (χ0v) is 13.2. The van der Waals surface area contributed by atoms with E-state index in [4.69, 9.17) is 9.47 Å². The van der Waals surface area contributed by atoms with E-state index in [0.717, 1.165) is 0 Å². The van der Waals surface area contributed by atoms with E-state index in [2.05, 4.69) is 15.9 Å². The lowest BCUT2D eigenvalue weighted by atomic mass is 10.2. The minimum absolute atomic E-state index is 0.291. The number of hydrogen-bond donors (Lipinski definition) is 0. The Bertz CT molecular complexity index is 288. The highest BCUT2D eigenvalue weighted by atomic mass is 79.9. The van der Waals surface area contributed by atoms with E-state index in [9.17, 15) is 9.59 Å². The molecule has 6 heteroatoms. The molecule has 0 bridgehead atoms. The van der Waals surface area contributed by atoms with Gasteiger partial charge in [0.15, 0.2) is 0 Å². The average molecular weight is 324 g/mol. The second-order valence-corrected chi connectivity index (χ2v) is 5.58. The van der Waals surface area contributed by atoms with Crippen molar-refractivity contribution >= 4 is 28.0 Å². The molecule has 5 nitrogen and oxygen atoms in total. The summed E-state index contributed by atoms with van der Waals surface area (Å²) in [7, 11) is 0. The van der Waals surface area contributed by atoms with Crippen LogP contribution in [0.4, 0.5) is 4.79 Å². The van der Waals surface area contributed by atoms with Crippen LogP contribution in [0.25, 0.3) is 0 Å². The van der Waals surface area contributed by atoms with E-state index >= 15 is 0 Å². The molecule has 0 aromatic carbocycles. The standard InChI is InChI=1S/C12H22BrNO4/c1-6-17-10(15)9(2)14(8-7-13)11(16)18-12(3,4)5/h9H,6-8H2,1-5H3/t9-/m0/s1. The van der Waals surface area contributed by atoms with Crippen molar-refractivity contribution < 1.29 is 19.1 Å². The predicted molar refractivity (Wildman–Crippen MR) is 72.8 cm³/mol. The Hall–Kier alpha value is -0.780. The van der Waals surface area contributed by atoms with Crippen LogP contribution in [-0.2, 0) is 14.3 Å². The van der Waals surface area contributed by atoms with Gasteiger partial charge < -0.3 is 9.47 Å². The van der Waals surface area contributed by atoms with Crippen LogP contribution in [0, 0.1) is 0 Å². The topological polar surface area (TPSA) is 55.8 Å². The van der Waals surface area contributed by atoms with Crippen LogP contribution < -0.4 is 0 Å². The number of ether oxygens (including phenoxy) is 2. The maximum atomic E-state index is 12.0. The van der Waals surface area contributed by atoms with Crippen molar-refractivity contribution in [2.24, 2.45) is 0 Å². The van der Waals surface area contributed by atoms with E-state index in [1.54, 1.807) is 34.6 Å². The van der Waals surface area contributed by atoms with Gasteiger partial charge in [0.25, 0.3) is 0 Å². The molecule has 0 radical (unpaired) electrons. The van der Waals surface area contributed by atoms with Crippen molar-refractivity contribution in [2.45, 2.75) is 46.3 Å². The molecule has 0 aromatic rings. The molecule has 1 atom stereocenters. The molecule has 0 fully saturated rings. The van der Waals surface area contributed by atoms with Gasteiger partial charge in [-0.3, -0.25) is 4.90 Å². The summed E-state index contributed by atoms with van der Waals surface area (Å²) in [6.45, 7) is 9.39. The van der Waals surface area contributed by atoms with Crippen LogP contribution >= 0.6 is 15.9 Å². The van der Waals surface area contributed by atoms with Crippen LogP contribution in [0.3, 0.4) is 0 Å². The van der Waals surface area contributed by atoms with Gasteiger partial charge in [-0.15, -0.1) is 0 Å². The van der Waals surface area contributed by atoms with Gasteiger partial charge in [-0.05, 0) is 34.6 Å². The van der Waals surface area contributed by atoms with Crippen LogP contribution in [0.5, 0.6) is 0 Å². The Morgan fingerprint density at radius 2 is 1.89 bits per heavy atom. The molecule has 0 N–H and O–H groups in total. The lowest BCUT2D eigenvalue weighted by molar-refractivity contribution is -0.148. The minimum atomic E-state index is -0.655. The van der Waals surface area contributed by atoms with Crippen molar-refractivity contribution in [3.63, 3.8) is 0 Å². The number of amides is 1. The highest BCUT2D eigenvalue weighted by Crippen LogP contribution is 2.13. The number of nitrogens with zero attached hydrogens (tertiary/aromatic N) is 1. The minimum Gasteiger partial charge on any atom is -0.464 e. The molecule has 18 heavy (non-hydrogen) atoms. The lowest BCUT2D eigenvalue weighted by Gasteiger charge is -2.30. The maximum absolute atomic E-state index is 12.0. The first-order valence-electron chi connectivity index (χ1n) is 5.95. The monoisotopic (exact) mass is 323 g/mol. The molecular weight excluding hydrogens is 302 g/mol. The smallest absolute Gasteiger partial charge is 0.411 e. The number of carbonyl (C=O) groups excluding carboxylic acids is 2. The highest BCUT2D eigenvalue weighted by Gasteiger charge is 2.30. The summed E-state index contributed by atoms with van der Waals surface area (Å²) in [5, 5.41) is 0.565. The molecule has 0 aliphatic carbocycles. The molecule has 0 heterocycles. The molecule has 0 spiro atoms. The summed E-state index contributed by atoms with van der Waals surface area (Å²) >= 11 is 3.25. The summed E-state index contributed by atoms with van der Waals surface area (Å²) in [4.78, 5) is 25.0. The number of carbonyl (C=O) groups is 2. The van der Waals surface area contributed by atoms with E-state index in [1.807, 2.05) is 0 Å². The molecule has 0 rings (SSSR count). The van der Waals surface area contributed by atoms with Crippen LogP contribution in [0.15, 0.2) is 0 Å². The van der Waals surface area contributed by atoms with Crippen LogP contribution in [0.1, 0.15) is 34.6 Å². The quantitative estimate of drug-likeness (QED) is 0.576. The first-order valence-corrected chi connectivity index (χ1v) is 7.07. The van der Waals surface area contributed by atoms with Gasteiger partial charge in [-0.25, -0.2) is 9.59 Å². The average Bonchev–Trinajstić information content (AvgIpc) is 2.22. The third-order valence-corrected chi connectivity index (χ3v) is 2.40. The summed E-state index contributed by atoms with van der Waals surface area (Å²) < 4.78 is 10.2. The van der Waals surface area contributed by atoms with Crippen molar-refractivity contribution in [1.82, 2.24) is 4.90 Å². The number of alkyl halides is 1. The number of rotatable bonds is 5. The van der Waals surface area contributed by atoms with E-state index in [0.29, 0.717) is 18.5 Å². The lowest BCUT2D eigenvalue weighted by Crippen LogP contribution is -2.47. The largest absolute Gasteiger partial charge is 0.464 e. The van der Waals surface area contributed by atoms with E-state index in [-0.39, 0.29) is 0 Å². The Morgan fingerprint density at radius 1 is 1.33 bits per heavy atom. The molecule has 106 valence electrons. The van der Waals surface area contributed by atoms with Gasteiger partial charge in [0.05, 0.1) is 6.61 Å². The Kier molecular flexibility index (Phi) is 7.28. The van der Waals surface area contributed by atoms with Gasteiger partial charge in [0, 0.05) is 11.9 Å². The Balaban J connectivity index is 4.73. The molecule has 0 unspecified atom stereocenters. The summed E-state index contributed by atoms with van der Waals surface area (Å²) in [6.07, 6.45) is -0.512. The first kappa shape index (κ1) is 17.2. The summed E-state index contributed by atoms with van der Waals surface area (Å²) in [6, 6.07) is -0.655. The van der Waals surface area contributed by atoms with Gasteiger partial charge in [-0.2, -0.15) is 0 Å². The molecule has 0 aromatic heterocycles. The van der Waals surface area contributed by atoms with Gasteiger partial charge in [0.2, 0.25) is 0 Å². The van der Waals surface area contributed by atoms with Crippen LogP contribution in [-0.4, -0.2) is 47.1 Å². The van der Waals surface area contributed by atoms with Crippen LogP contribution in [0.2, 0.25) is 0 Å². The van der Waals surface area contributed by atoms with Crippen molar-refractivity contribution in [3.05, 3.63) is 0 Å². The highest BCUT2D eigenvalue weighted by molar-refractivity contribution is 9.09. The number of hydrogen-bond acceptors (Lipinski definition) is 4. The third-order valence-electron chi connectivity index (χ3n) is 2.05. The summed E-state index contributed by atoms with van der Waals surface area (Å²) in [5.74, 6) is -0.427. The number of esters is 1. The second kappa shape index (κ2) is 7.61. The van der Waals surface area contributed by atoms with Crippen molar-refractivity contribution in [3.8, 4) is 0 Å². The Morgan fingerprint density at radius 3 is 2.28 bits per heavy atom. The fourth-order valence-corrected chi connectivity index (χ4v) is 1.63. The Labute approximate surface area is 117 Å². The molecule has 0 aliphatic heterocycles. The van der Waals surface area contributed by atoms with Gasteiger partial charge in [0.1, 0.15) is 11.6 Å². The molecule has 0 saturated carbocycles. The summed E-state index contributed by atoms with van der Waals surface area (Å²) in [5.41, 5.74) is -0.587. The van der Waals surface area contributed by atoms with Gasteiger partial charge in [-0.1, -0.05) is 15.9 Å². The maximum Gasteiger partial charge on any atom is 0.411 e. The fourth-order valence-electron chi connectivity index (χ4n) is 1.24. The van der Waals surface area contributed by atoms with E-state index < -0.39 is 23.7 Å². The first-order chi connectivity index (χ1) is 8.22. The molecular formula is C12H22BrNO4. The van der Waals surface area contributed by atoms with E-state index in [1.165, 1.54) is 4.90 Å². The molecule has 0 aliphatic rings. The van der Waals surface area contributed by atoms with Crippen molar-refractivity contribution in [1.29, 1.82) is 0 Å². The molecule has 1 amide bonds. The predicted octanol–water partition coefficient (Wildman–Crippen LogP) is 2.57. The SMILES string of the molecule is CCOC(=O)[C@H](C)N(CCBr)C(=O)OC(C)(C)C. The second-order valence-electron chi connectivity index (χ2n) is 4.79. The molecule has 0 saturated heterocycles. The third kappa shape index (κ3) is 6.23. The zero-order valence-electron chi connectivity index (χ0n) is 11.7. The fraction of sp³-hybridized carbons (Fsp3) is 0.833. The number of halogens is 1. The normalized spacial score (nSPS) is 12.8.